The third-order valence-corrected chi connectivity index (χ3v) is 8.37. The van der Waals surface area contributed by atoms with E-state index in [1.54, 1.807) is 14.0 Å². The minimum atomic E-state index is -0.773. The van der Waals surface area contributed by atoms with E-state index >= 15 is 0 Å². The van der Waals surface area contributed by atoms with Crippen LogP contribution in [0.3, 0.4) is 0 Å². The Morgan fingerprint density at radius 1 is 0.780 bits per heavy atom. The van der Waals surface area contributed by atoms with Crippen molar-refractivity contribution in [2.24, 2.45) is 5.92 Å². The van der Waals surface area contributed by atoms with Crippen LogP contribution in [0.15, 0.2) is 115 Å². The molecule has 0 saturated heterocycles. The highest BCUT2D eigenvalue weighted by Crippen LogP contribution is 2.31. The average molecular weight is 677 g/mol. The molecular formula is C44H52O6. The van der Waals surface area contributed by atoms with E-state index in [0.29, 0.717) is 18.6 Å². The zero-order valence-corrected chi connectivity index (χ0v) is 30.1. The van der Waals surface area contributed by atoms with Crippen LogP contribution in [-0.2, 0) is 43.4 Å². The van der Waals surface area contributed by atoms with Crippen molar-refractivity contribution in [1.29, 1.82) is 0 Å². The van der Waals surface area contributed by atoms with Gasteiger partial charge in [0.15, 0.2) is 0 Å². The maximum atomic E-state index is 11.6. The number of benzene rings is 4. The van der Waals surface area contributed by atoms with Crippen molar-refractivity contribution < 1.29 is 29.2 Å². The predicted octanol–water partition coefficient (Wildman–Crippen LogP) is 9.57. The van der Waals surface area contributed by atoms with Crippen molar-refractivity contribution in [3.63, 3.8) is 0 Å². The van der Waals surface area contributed by atoms with E-state index in [1.807, 2.05) is 0 Å². The summed E-state index contributed by atoms with van der Waals surface area (Å²) >= 11 is 0. The Labute approximate surface area is 298 Å². The van der Waals surface area contributed by atoms with Crippen molar-refractivity contribution in [3.8, 4) is 33.4 Å². The number of carbonyl (C=O) groups is 2. The molecule has 6 heteroatoms. The maximum Gasteiger partial charge on any atom is 0.370 e. The number of unbranched alkanes of at least 4 members (excludes halogenated alkanes) is 2. The third-order valence-electron chi connectivity index (χ3n) is 8.37. The van der Waals surface area contributed by atoms with Crippen LogP contribution >= 0.6 is 0 Å². The SMILES string of the molecule is C=C(C)C=O.C=C(CO)C(=O)OOCC(COC)Cc1ccc(-c2ccc(-c3ccc(-c4ccc(CCCCC)cc4)c(CC)c3)cc2)cc1. The molecule has 1 N–H and O–H groups in total. The van der Waals surface area contributed by atoms with Crippen molar-refractivity contribution in [3.05, 3.63) is 132 Å². The molecule has 0 aliphatic carbocycles. The number of allylic oxidation sites excluding steroid dienone is 1. The lowest BCUT2D eigenvalue weighted by molar-refractivity contribution is -0.275. The fourth-order valence-electron chi connectivity index (χ4n) is 5.51. The quantitative estimate of drug-likeness (QED) is 0.0372. The molecule has 264 valence electrons. The normalized spacial score (nSPS) is 11.2. The second-order valence-electron chi connectivity index (χ2n) is 12.6. The van der Waals surface area contributed by atoms with E-state index in [4.69, 9.17) is 19.6 Å². The van der Waals surface area contributed by atoms with Crippen molar-refractivity contribution in [2.45, 2.75) is 59.3 Å². The Morgan fingerprint density at radius 3 is 1.86 bits per heavy atom. The van der Waals surface area contributed by atoms with E-state index in [0.717, 1.165) is 35.8 Å². The lowest BCUT2D eigenvalue weighted by atomic mass is 9.92. The van der Waals surface area contributed by atoms with Gasteiger partial charge in [0.05, 0.1) is 25.4 Å². The van der Waals surface area contributed by atoms with Gasteiger partial charge in [0.2, 0.25) is 0 Å². The molecule has 0 amide bonds. The molecule has 0 heterocycles. The summed E-state index contributed by atoms with van der Waals surface area (Å²) in [6.07, 6.45) is 7.35. The Kier molecular flexibility index (Phi) is 17.1. The number of rotatable bonds is 18. The van der Waals surface area contributed by atoms with Crippen LogP contribution < -0.4 is 0 Å². The fourth-order valence-corrected chi connectivity index (χ4v) is 5.51. The largest absolute Gasteiger partial charge is 0.391 e. The zero-order valence-electron chi connectivity index (χ0n) is 30.1. The number of aldehydes is 1. The number of hydrogen-bond donors (Lipinski definition) is 1. The summed E-state index contributed by atoms with van der Waals surface area (Å²) in [5, 5.41) is 8.98. The van der Waals surface area contributed by atoms with Gasteiger partial charge in [0, 0.05) is 13.0 Å². The standard InChI is InChI=1S/C40H46O5.C4H6O/c1-5-7-8-9-30-10-16-37(17-11-30)39-23-22-38(25-33(39)6-2)36-20-18-35(19-21-36)34-14-12-31(13-15-34)24-32(27-43-4)28-44-45-40(42)29(3)26-41;1-4(2)3-5/h10-23,25,32,41H,3,5-9,24,26-28H2,1-2,4H3;3H,1H2,2H3. The average Bonchev–Trinajstić information content (AvgIpc) is 3.15. The van der Waals surface area contributed by atoms with Gasteiger partial charge in [-0.1, -0.05) is 131 Å². The number of aliphatic hydroxyl groups excluding tert-OH is 1. The molecule has 6 nitrogen and oxygen atoms in total. The topological polar surface area (TPSA) is 82.1 Å². The molecule has 0 bridgehead atoms. The number of ether oxygens (including phenoxy) is 1. The molecule has 4 rings (SSSR count). The van der Waals surface area contributed by atoms with Gasteiger partial charge in [-0.3, -0.25) is 9.68 Å². The van der Waals surface area contributed by atoms with Crippen molar-refractivity contribution in [2.75, 3.05) is 26.9 Å². The van der Waals surface area contributed by atoms with Crippen molar-refractivity contribution >= 4 is 12.3 Å². The van der Waals surface area contributed by atoms with Crippen molar-refractivity contribution in [1.82, 2.24) is 0 Å². The minimum Gasteiger partial charge on any atom is -0.391 e. The fraction of sp³-hybridized carbons (Fsp3) is 0.318. The molecule has 0 aromatic heterocycles. The van der Waals surface area contributed by atoms with Gasteiger partial charge in [-0.15, -0.1) is 0 Å². The molecule has 0 saturated carbocycles. The summed E-state index contributed by atoms with van der Waals surface area (Å²) in [7, 11) is 1.63. The third kappa shape index (κ3) is 12.7. The Morgan fingerprint density at radius 2 is 1.32 bits per heavy atom. The summed E-state index contributed by atoms with van der Waals surface area (Å²) in [6, 6.07) is 33.2. The second-order valence-corrected chi connectivity index (χ2v) is 12.6. The molecule has 1 unspecified atom stereocenters. The summed E-state index contributed by atoms with van der Waals surface area (Å²) in [5.74, 6) is -0.782. The molecule has 0 radical (unpaired) electrons. The lowest BCUT2D eigenvalue weighted by Crippen LogP contribution is -2.20. The number of hydrogen-bond acceptors (Lipinski definition) is 6. The molecule has 4 aromatic rings. The lowest BCUT2D eigenvalue weighted by Gasteiger charge is -2.16. The first-order chi connectivity index (χ1) is 24.2. The van der Waals surface area contributed by atoms with Crippen LogP contribution in [0.25, 0.3) is 33.4 Å². The minimum absolute atomic E-state index is 0.00959. The first-order valence-electron chi connectivity index (χ1n) is 17.4. The van der Waals surface area contributed by atoms with Crippen LogP contribution in [-0.4, -0.2) is 44.3 Å². The van der Waals surface area contributed by atoms with Crippen LogP contribution in [0, 0.1) is 5.92 Å². The highest BCUT2D eigenvalue weighted by molar-refractivity contribution is 5.87. The molecule has 0 aliphatic heterocycles. The van der Waals surface area contributed by atoms with E-state index in [9.17, 15) is 9.59 Å². The number of aliphatic hydroxyl groups is 1. The van der Waals surface area contributed by atoms with E-state index in [1.165, 1.54) is 52.6 Å². The van der Waals surface area contributed by atoms with Gasteiger partial charge in [-0.2, -0.15) is 4.89 Å². The van der Waals surface area contributed by atoms with Gasteiger partial charge >= 0.3 is 5.97 Å². The second kappa shape index (κ2) is 21.5. The van der Waals surface area contributed by atoms with Crippen LogP contribution in [0.1, 0.15) is 56.7 Å². The first-order valence-corrected chi connectivity index (χ1v) is 17.4. The first kappa shape index (κ1) is 39.8. The summed E-state index contributed by atoms with van der Waals surface area (Å²) in [6.45, 7) is 13.0. The maximum absolute atomic E-state index is 11.6. The molecule has 0 spiro atoms. The van der Waals surface area contributed by atoms with Crippen LogP contribution in [0.5, 0.6) is 0 Å². The highest BCUT2D eigenvalue weighted by Gasteiger charge is 2.15. The Bertz CT molecular complexity index is 1650. The Hall–Kier alpha value is -4.62. The molecule has 50 heavy (non-hydrogen) atoms. The van der Waals surface area contributed by atoms with Gasteiger partial charge in [-0.05, 0) is 88.3 Å². The molecule has 0 aliphatic rings. The van der Waals surface area contributed by atoms with E-state index in [-0.39, 0.29) is 18.1 Å². The monoisotopic (exact) mass is 676 g/mol. The summed E-state index contributed by atoms with van der Waals surface area (Å²) < 4.78 is 5.33. The number of methoxy groups -OCH3 is 1. The molecular weight excluding hydrogens is 624 g/mol. The molecule has 1 atom stereocenters. The van der Waals surface area contributed by atoms with E-state index in [2.05, 4.69) is 118 Å². The zero-order chi connectivity index (χ0) is 36.3. The van der Waals surface area contributed by atoms with Gasteiger partial charge in [0.25, 0.3) is 0 Å². The Balaban J connectivity index is 0.00000126. The highest BCUT2D eigenvalue weighted by atomic mass is 17.2. The predicted molar refractivity (Wildman–Crippen MR) is 204 cm³/mol. The van der Waals surface area contributed by atoms with Gasteiger partial charge in [0.1, 0.15) is 6.29 Å². The molecule has 0 fully saturated rings. The smallest absolute Gasteiger partial charge is 0.370 e. The number of aryl methyl sites for hydroxylation is 2. The van der Waals surface area contributed by atoms with E-state index < -0.39 is 12.6 Å². The summed E-state index contributed by atoms with van der Waals surface area (Å²) in [4.78, 5) is 30.9. The van der Waals surface area contributed by atoms with Crippen LogP contribution in [0.2, 0.25) is 0 Å². The van der Waals surface area contributed by atoms with Crippen LogP contribution in [0.4, 0.5) is 0 Å². The van der Waals surface area contributed by atoms with Gasteiger partial charge < -0.3 is 9.84 Å². The summed E-state index contributed by atoms with van der Waals surface area (Å²) in [5.41, 5.74) is 11.8. The molecule has 4 aromatic carbocycles. The van der Waals surface area contributed by atoms with Gasteiger partial charge in [-0.25, -0.2) is 4.79 Å². The number of carbonyl (C=O) groups excluding carboxylic acids is 2.